The van der Waals surface area contributed by atoms with E-state index in [-0.39, 0.29) is 5.41 Å². The maximum atomic E-state index is 5.34. The van der Waals surface area contributed by atoms with E-state index in [9.17, 15) is 0 Å². The van der Waals surface area contributed by atoms with Crippen LogP contribution in [0.4, 0.5) is 0 Å². The summed E-state index contributed by atoms with van der Waals surface area (Å²) in [5.41, 5.74) is 2.52. The van der Waals surface area contributed by atoms with Gasteiger partial charge in [0.25, 0.3) is 0 Å². The molecule has 0 atom stereocenters. The Morgan fingerprint density at radius 2 is 1.87 bits per heavy atom. The fourth-order valence-corrected chi connectivity index (χ4v) is 1.70. The van der Waals surface area contributed by atoms with Crippen molar-refractivity contribution in [3.8, 4) is 11.3 Å². The zero-order chi connectivity index (χ0) is 10.9. The number of hydrogen-bond acceptors (Lipinski definition) is 2. The summed E-state index contributed by atoms with van der Waals surface area (Å²) in [5.74, 6) is 0.834. The first-order valence-electron chi connectivity index (χ1n) is 5.07. The predicted octanol–water partition coefficient (Wildman–Crippen LogP) is 3.64. The first kappa shape index (κ1) is 9.97. The zero-order valence-corrected chi connectivity index (χ0v) is 9.32. The molecule has 0 aliphatic heterocycles. The Morgan fingerprint density at radius 1 is 1.13 bits per heavy atom. The van der Waals surface area contributed by atoms with Crippen LogP contribution in [0, 0.1) is 0 Å². The number of rotatable bonds is 1. The van der Waals surface area contributed by atoms with Crippen molar-refractivity contribution in [1.29, 1.82) is 0 Å². The molecule has 15 heavy (non-hydrogen) atoms. The summed E-state index contributed by atoms with van der Waals surface area (Å²) in [7, 11) is 0. The van der Waals surface area contributed by atoms with Gasteiger partial charge < -0.3 is 4.42 Å². The van der Waals surface area contributed by atoms with Gasteiger partial charge in [-0.3, -0.25) is 0 Å². The van der Waals surface area contributed by atoms with E-state index in [2.05, 4.69) is 44.0 Å². The van der Waals surface area contributed by atoms with E-state index >= 15 is 0 Å². The molecular formula is C13H15NO. The molecule has 2 heteroatoms. The van der Waals surface area contributed by atoms with Crippen molar-refractivity contribution in [2.75, 3.05) is 0 Å². The van der Waals surface area contributed by atoms with E-state index in [1.54, 1.807) is 6.20 Å². The predicted molar refractivity (Wildman–Crippen MR) is 60.6 cm³/mol. The van der Waals surface area contributed by atoms with E-state index in [0.29, 0.717) is 0 Å². The molecular weight excluding hydrogens is 186 g/mol. The number of benzene rings is 1. The Labute approximate surface area is 90.0 Å². The standard InChI is InChI=1S/C13H15NO/c1-13(2,3)11-7-5-4-6-10(11)12-8-14-9-15-12/h4-9H,1-3H3. The number of hydrogen-bond donors (Lipinski definition) is 0. The second kappa shape index (κ2) is 3.54. The fraction of sp³-hybridized carbons (Fsp3) is 0.308. The van der Waals surface area contributed by atoms with E-state index in [4.69, 9.17) is 4.42 Å². The molecule has 0 unspecified atom stereocenters. The highest BCUT2D eigenvalue weighted by atomic mass is 16.3. The summed E-state index contributed by atoms with van der Waals surface area (Å²) in [4.78, 5) is 3.96. The lowest BCUT2D eigenvalue weighted by atomic mass is 9.83. The molecule has 2 nitrogen and oxygen atoms in total. The Hall–Kier alpha value is -1.57. The normalized spacial score (nSPS) is 11.7. The molecule has 0 bridgehead atoms. The van der Waals surface area contributed by atoms with Crippen molar-refractivity contribution in [2.45, 2.75) is 26.2 Å². The van der Waals surface area contributed by atoms with Crippen molar-refractivity contribution < 1.29 is 4.42 Å². The van der Waals surface area contributed by atoms with Crippen molar-refractivity contribution in [3.05, 3.63) is 42.4 Å². The van der Waals surface area contributed by atoms with Gasteiger partial charge in [-0.05, 0) is 11.0 Å². The van der Waals surface area contributed by atoms with Gasteiger partial charge in [-0.15, -0.1) is 0 Å². The van der Waals surface area contributed by atoms with Crippen LogP contribution in [-0.2, 0) is 5.41 Å². The number of aromatic nitrogens is 1. The smallest absolute Gasteiger partial charge is 0.181 e. The molecule has 1 aromatic heterocycles. The SMILES string of the molecule is CC(C)(C)c1ccccc1-c1cnco1. The van der Waals surface area contributed by atoms with Gasteiger partial charge in [0.15, 0.2) is 12.2 Å². The molecule has 2 rings (SSSR count). The number of oxazole rings is 1. The monoisotopic (exact) mass is 201 g/mol. The van der Waals surface area contributed by atoms with Crippen LogP contribution >= 0.6 is 0 Å². The van der Waals surface area contributed by atoms with Crippen molar-refractivity contribution in [1.82, 2.24) is 4.98 Å². The third-order valence-corrected chi connectivity index (χ3v) is 2.43. The van der Waals surface area contributed by atoms with Crippen LogP contribution in [0.3, 0.4) is 0 Å². The third kappa shape index (κ3) is 1.94. The minimum absolute atomic E-state index is 0.114. The second-order valence-electron chi connectivity index (χ2n) is 4.66. The summed E-state index contributed by atoms with van der Waals surface area (Å²) >= 11 is 0. The average molecular weight is 201 g/mol. The van der Waals surface area contributed by atoms with Crippen LogP contribution in [0.5, 0.6) is 0 Å². The minimum Gasteiger partial charge on any atom is -0.444 e. The first-order chi connectivity index (χ1) is 7.09. The van der Waals surface area contributed by atoms with E-state index in [1.165, 1.54) is 12.0 Å². The van der Waals surface area contributed by atoms with E-state index in [1.807, 2.05) is 6.07 Å². The van der Waals surface area contributed by atoms with Gasteiger partial charge >= 0.3 is 0 Å². The van der Waals surface area contributed by atoms with Crippen LogP contribution < -0.4 is 0 Å². The molecule has 78 valence electrons. The lowest BCUT2D eigenvalue weighted by Gasteiger charge is -2.21. The summed E-state index contributed by atoms with van der Waals surface area (Å²) in [6.07, 6.45) is 3.22. The largest absolute Gasteiger partial charge is 0.444 e. The minimum atomic E-state index is 0.114. The van der Waals surface area contributed by atoms with E-state index in [0.717, 1.165) is 11.3 Å². The fourth-order valence-electron chi connectivity index (χ4n) is 1.70. The molecule has 0 saturated carbocycles. The van der Waals surface area contributed by atoms with Gasteiger partial charge in [-0.1, -0.05) is 45.0 Å². The summed E-state index contributed by atoms with van der Waals surface area (Å²) < 4.78 is 5.34. The van der Waals surface area contributed by atoms with Crippen LogP contribution in [0.1, 0.15) is 26.3 Å². The van der Waals surface area contributed by atoms with E-state index < -0.39 is 0 Å². The van der Waals surface area contributed by atoms with Crippen LogP contribution in [-0.4, -0.2) is 4.98 Å². The highest BCUT2D eigenvalue weighted by Crippen LogP contribution is 2.32. The second-order valence-corrected chi connectivity index (χ2v) is 4.66. The van der Waals surface area contributed by atoms with Gasteiger partial charge in [0.1, 0.15) is 0 Å². The van der Waals surface area contributed by atoms with Gasteiger partial charge in [-0.25, -0.2) is 4.98 Å². The summed E-state index contributed by atoms with van der Waals surface area (Å²) in [6.45, 7) is 6.59. The highest BCUT2D eigenvalue weighted by molar-refractivity contribution is 5.62. The molecule has 0 spiro atoms. The quantitative estimate of drug-likeness (QED) is 0.704. The van der Waals surface area contributed by atoms with Crippen LogP contribution in [0.15, 0.2) is 41.3 Å². The topological polar surface area (TPSA) is 26.0 Å². The molecule has 1 aromatic carbocycles. The Balaban J connectivity index is 2.58. The lowest BCUT2D eigenvalue weighted by Crippen LogP contribution is -2.12. The van der Waals surface area contributed by atoms with Gasteiger partial charge in [-0.2, -0.15) is 0 Å². The van der Waals surface area contributed by atoms with Crippen LogP contribution in [0.2, 0.25) is 0 Å². The molecule has 2 aromatic rings. The molecule has 0 aliphatic rings. The van der Waals surface area contributed by atoms with Gasteiger partial charge in [0, 0.05) is 5.56 Å². The Kier molecular flexibility index (Phi) is 2.35. The molecule has 0 aliphatic carbocycles. The zero-order valence-electron chi connectivity index (χ0n) is 9.32. The van der Waals surface area contributed by atoms with Crippen LogP contribution in [0.25, 0.3) is 11.3 Å². The Bertz CT molecular complexity index is 438. The Morgan fingerprint density at radius 3 is 2.47 bits per heavy atom. The van der Waals surface area contributed by atoms with Crippen molar-refractivity contribution in [3.63, 3.8) is 0 Å². The molecule has 0 radical (unpaired) electrons. The maximum absolute atomic E-state index is 5.34. The molecule has 0 amide bonds. The summed E-state index contributed by atoms with van der Waals surface area (Å²) in [6, 6.07) is 8.28. The molecule has 0 fully saturated rings. The maximum Gasteiger partial charge on any atom is 0.181 e. The van der Waals surface area contributed by atoms with Crippen molar-refractivity contribution >= 4 is 0 Å². The molecule has 1 heterocycles. The lowest BCUT2D eigenvalue weighted by molar-refractivity contribution is 0.560. The summed E-state index contributed by atoms with van der Waals surface area (Å²) in [5, 5.41) is 0. The van der Waals surface area contributed by atoms with Gasteiger partial charge in [0.05, 0.1) is 6.20 Å². The molecule has 0 N–H and O–H groups in total. The highest BCUT2D eigenvalue weighted by Gasteiger charge is 2.19. The number of nitrogens with zero attached hydrogens (tertiary/aromatic N) is 1. The van der Waals surface area contributed by atoms with Crippen molar-refractivity contribution in [2.24, 2.45) is 0 Å². The first-order valence-corrected chi connectivity index (χ1v) is 5.07. The third-order valence-electron chi connectivity index (χ3n) is 2.43. The molecule has 0 saturated heterocycles. The average Bonchev–Trinajstić information content (AvgIpc) is 2.69. The van der Waals surface area contributed by atoms with Gasteiger partial charge in [0.2, 0.25) is 0 Å².